The molecule has 0 N–H and O–H groups in total. The van der Waals surface area contributed by atoms with Crippen molar-refractivity contribution in [1.82, 2.24) is 0 Å². The Labute approximate surface area is 148 Å². The fraction of sp³-hybridized carbons (Fsp3) is 0.238. The van der Waals surface area contributed by atoms with Crippen molar-refractivity contribution < 1.29 is 18.6 Å². The summed E-state index contributed by atoms with van der Waals surface area (Å²) in [4.78, 5) is 0. The molecule has 0 radical (unpaired) electrons. The predicted octanol–water partition coefficient (Wildman–Crippen LogP) is 4.79. The lowest BCUT2D eigenvalue weighted by molar-refractivity contribution is 0.354. The van der Waals surface area contributed by atoms with Gasteiger partial charge in [-0.05, 0) is 54.4 Å². The van der Waals surface area contributed by atoms with Gasteiger partial charge in [0, 0.05) is 0 Å². The second-order valence-corrected chi connectivity index (χ2v) is 5.77. The van der Waals surface area contributed by atoms with Crippen molar-refractivity contribution >= 4 is 0 Å². The molecule has 4 heteroatoms. The molecule has 0 saturated heterocycles. The van der Waals surface area contributed by atoms with E-state index in [-0.39, 0.29) is 5.92 Å². The summed E-state index contributed by atoms with van der Waals surface area (Å²) in [6.45, 7) is 1.95. The second-order valence-electron chi connectivity index (χ2n) is 5.77. The van der Waals surface area contributed by atoms with Crippen LogP contribution >= 0.6 is 0 Å². The maximum absolute atomic E-state index is 5.94. The first-order valence-corrected chi connectivity index (χ1v) is 8.08. The molecule has 2 aromatic carbocycles. The number of hydrogen-bond acceptors (Lipinski definition) is 4. The molecule has 0 amide bonds. The molecule has 0 aliphatic heterocycles. The molecule has 130 valence electrons. The normalized spacial score (nSPS) is 11.8. The average Bonchev–Trinajstić information content (AvgIpc) is 3.08. The van der Waals surface area contributed by atoms with Crippen LogP contribution in [-0.4, -0.2) is 21.3 Å². The fourth-order valence-electron chi connectivity index (χ4n) is 2.96. The number of benzene rings is 2. The van der Waals surface area contributed by atoms with Crippen LogP contribution in [0.2, 0.25) is 0 Å². The quantitative estimate of drug-likeness (QED) is 0.648. The van der Waals surface area contributed by atoms with Crippen LogP contribution < -0.4 is 14.2 Å². The van der Waals surface area contributed by atoms with Gasteiger partial charge in [-0.15, -0.1) is 0 Å². The van der Waals surface area contributed by atoms with Crippen LogP contribution in [0.1, 0.15) is 28.6 Å². The van der Waals surface area contributed by atoms with E-state index >= 15 is 0 Å². The summed E-state index contributed by atoms with van der Waals surface area (Å²) >= 11 is 0. The minimum atomic E-state index is -0.0422. The van der Waals surface area contributed by atoms with E-state index in [1.54, 1.807) is 21.3 Å². The van der Waals surface area contributed by atoms with Crippen molar-refractivity contribution in [2.24, 2.45) is 0 Å². The van der Waals surface area contributed by atoms with Crippen molar-refractivity contribution in [2.45, 2.75) is 12.8 Å². The third kappa shape index (κ3) is 3.48. The van der Waals surface area contributed by atoms with Gasteiger partial charge in [0.15, 0.2) is 11.5 Å². The van der Waals surface area contributed by atoms with Crippen LogP contribution in [0, 0.1) is 6.92 Å². The van der Waals surface area contributed by atoms with Crippen LogP contribution in [0.15, 0.2) is 59.0 Å². The molecule has 1 aromatic heterocycles. The summed E-state index contributed by atoms with van der Waals surface area (Å²) in [5, 5.41) is 0. The number of ether oxygens (including phenoxy) is 3. The highest BCUT2D eigenvalue weighted by Crippen LogP contribution is 2.38. The summed E-state index contributed by atoms with van der Waals surface area (Å²) in [5.41, 5.74) is 2.18. The van der Waals surface area contributed by atoms with E-state index in [0.29, 0.717) is 11.5 Å². The molecule has 0 aliphatic rings. The first kappa shape index (κ1) is 17.0. The minimum Gasteiger partial charge on any atom is -0.497 e. The number of hydrogen-bond donors (Lipinski definition) is 0. The van der Waals surface area contributed by atoms with Crippen molar-refractivity contribution in [3.63, 3.8) is 0 Å². The molecular formula is C21H22O4. The Morgan fingerprint density at radius 1 is 0.720 bits per heavy atom. The van der Waals surface area contributed by atoms with Crippen LogP contribution in [0.25, 0.3) is 0 Å². The second kappa shape index (κ2) is 7.34. The zero-order chi connectivity index (χ0) is 17.8. The lowest BCUT2D eigenvalue weighted by Gasteiger charge is -2.18. The van der Waals surface area contributed by atoms with Crippen LogP contribution in [0.5, 0.6) is 17.2 Å². The fourth-order valence-corrected chi connectivity index (χ4v) is 2.96. The Morgan fingerprint density at radius 2 is 1.40 bits per heavy atom. The number of rotatable bonds is 6. The van der Waals surface area contributed by atoms with Crippen LogP contribution in [-0.2, 0) is 0 Å². The number of furan rings is 1. The van der Waals surface area contributed by atoms with Gasteiger partial charge in [0.2, 0.25) is 0 Å². The highest BCUT2D eigenvalue weighted by atomic mass is 16.5. The molecule has 0 spiro atoms. The molecule has 0 aliphatic carbocycles. The minimum absolute atomic E-state index is 0.0422. The number of aryl methyl sites for hydroxylation is 1. The van der Waals surface area contributed by atoms with Crippen LogP contribution in [0.4, 0.5) is 0 Å². The molecule has 3 aromatic rings. The first-order chi connectivity index (χ1) is 12.2. The summed E-state index contributed by atoms with van der Waals surface area (Å²) in [5.74, 6) is 3.95. The Morgan fingerprint density at radius 3 is 1.96 bits per heavy atom. The van der Waals surface area contributed by atoms with Gasteiger partial charge in [0.25, 0.3) is 0 Å². The molecule has 1 atom stereocenters. The van der Waals surface area contributed by atoms with E-state index in [1.807, 2.05) is 49.4 Å². The van der Waals surface area contributed by atoms with Gasteiger partial charge >= 0.3 is 0 Å². The van der Waals surface area contributed by atoms with Gasteiger partial charge < -0.3 is 18.6 Å². The lowest BCUT2D eigenvalue weighted by atomic mass is 9.89. The largest absolute Gasteiger partial charge is 0.497 e. The third-order valence-corrected chi connectivity index (χ3v) is 4.24. The van der Waals surface area contributed by atoms with Crippen molar-refractivity contribution in [1.29, 1.82) is 0 Å². The molecule has 0 bridgehead atoms. The van der Waals surface area contributed by atoms with Gasteiger partial charge in [0.05, 0.1) is 27.2 Å². The molecule has 0 unspecified atom stereocenters. The third-order valence-electron chi connectivity index (χ3n) is 4.24. The zero-order valence-electron chi connectivity index (χ0n) is 14.9. The summed E-state index contributed by atoms with van der Waals surface area (Å²) in [7, 11) is 4.94. The van der Waals surface area contributed by atoms with Crippen LogP contribution in [0.3, 0.4) is 0 Å². The monoisotopic (exact) mass is 338 g/mol. The molecule has 4 nitrogen and oxygen atoms in total. The van der Waals surface area contributed by atoms with Gasteiger partial charge in [-0.1, -0.05) is 18.2 Å². The molecule has 25 heavy (non-hydrogen) atoms. The molecule has 0 fully saturated rings. The van der Waals surface area contributed by atoms with Gasteiger partial charge in [-0.2, -0.15) is 0 Å². The van der Waals surface area contributed by atoms with Crippen molar-refractivity contribution in [2.75, 3.05) is 21.3 Å². The van der Waals surface area contributed by atoms with E-state index in [1.165, 1.54) is 0 Å². The summed E-state index contributed by atoms with van der Waals surface area (Å²) in [6.07, 6.45) is 0. The van der Waals surface area contributed by atoms with Crippen molar-refractivity contribution in [3.05, 3.63) is 77.2 Å². The predicted molar refractivity (Wildman–Crippen MR) is 96.9 cm³/mol. The lowest BCUT2D eigenvalue weighted by Crippen LogP contribution is -2.03. The molecule has 0 saturated carbocycles. The number of methoxy groups -OCH3 is 3. The van der Waals surface area contributed by atoms with E-state index in [9.17, 15) is 0 Å². The smallest absolute Gasteiger partial charge is 0.161 e. The Kier molecular flexibility index (Phi) is 4.98. The van der Waals surface area contributed by atoms with E-state index < -0.39 is 0 Å². The van der Waals surface area contributed by atoms with E-state index in [4.69, 9.17) is 18.6 Å². The molecular weight excluding hydrogens is 316 g/mol. The topological polar surface area (TPSA) is 40.8 Å². The van der Waals surface area contributed by atoms with E-state index in [0.717, 1.165) is 28.4 Å². The maximum Gasteiger partial charge on any atom is 0.161 e. The Bertz CT molecular complexity index is 833. The van der Waals surface area contributed by atoms with E-state index in [2.05, 4.69) is 12.1 Å². The molecule has 3 rings (SSSR count). The van der Waals surface area contributed by atoms with Crippen molar-refractivity contribution in [3.8, 4) is 17.2 Å². The highest BCUT2D eigenvalue weighted by molar-refractivity contribution is 5.49. The Hall–Kier alpha value is -2.88. The molecule has 1 heterocycles. The summed E-state index contributed by atoms with van der Waals surface area (Å²) < 4.78 is 22.0. The highest BCUT2D eigenvalue weighted by Gasteiger charge is 2.21. The standard InChI is InChI=1S/C21H22O4/c1-14-5-11-19(25-14)21(15-6-9-17(22-2)10-7-15)16-8-12-18(23-3)20(13-16)24-4/h5-13,21H,1-4H3/t21-/m0/s1. The maximum atomic E-state index is 5.94. The SMILES string of the molecule is COc1ccc([C@@H](c2ccc(OC)c(OC)c2)c2ccc(C)o2)cc1. The Balaban J connectivity index is 2.10. The van der Waals surface area contributed by atoms with Gasteiger partial charge in [0.1, 0.15) is 17.3 Å². The van der Waals surface area contributed by atoms with Gasteiger partial charge in [-0.25, -0.2) is 0 Å². The average molecular weight is 338 g/mol. The summed E-state index contributed by atoms with van der Waals surface area (Å²) in [6, 6.07) is 18.0. The first-order valence-electron chi connectivity index (χ1n) is 8.08. The zero-order valence-corrected chi connectivity index (χ0v) is 14.9. The van der Waals surface area contributed by atoms with Gasteiger partial charge in [-0.3, -0.25) is 0 Å².